The van der Waals surface area contributed by atoms with Gasteiger partial charge < -0.3 is 9.64 Å². The summed E-state index contributed by atoms with van der Waals surface area (Å²) in [5.41, 5.74) is 3.04. The molecule has 2 heterocycles. The summed E-state index contributed by atoms with van der Waals surface area (Å²) in [6.07, 6.45) is 0.916. The fraction of sp³-hybridized carbons (Fsp3) is 0.296. The second kappa shape index (κ2) is 11.9. The Hall–Kier alpha value is -3.94. The number of hydrogen-bond acceptors (Lipinski definition) is 8. The number of hydrogen-bond donors (Lipinski definition) is 1. The van der Waals surface area contributed by atoms with Gasteiger partial charge in [-0.3, -0.25) is 9.69 Å². The maximum Gasteiger partial charge on any atom is 0.285 e. The number of anilines is 1. The van der Waals surface area contributed by atoms with Crippen LogP contribution >= 0.6 is 0 Å². The molecule has 0 spiro atoms. The highest BCUT2D eigenvalue weighted by atomic mass is 32.2. The molecule has 0 saturated carbocycles. The van der Waals surface area contributed by atoms with Crippen molar-refractivity contribution in [2.45, 2.75) is 13.5 Å². The molecule has 9 nitrogen and oxygen atoms in total. The number of aromatic nitrogens is 2. The van der Waals surface area contributed by atoms with E-state index in [2.05, 4.69) is 37.9 Å². The number of nitrogens with one attached hydrogen (secondary N) is 1. The molecule has 3 aromatic rings. The summed E-state index contributed by atoms with van der Waals surface area (Å²) in [5.74, 6) is 7.25. The van der Waals surface area contributed by atoms with Gasteiger partial charge in [-0.2, -0.15) is 0 Å². The van der Waals surface area contributed by atoms with Crippen molar-refractivity contribution in [1.82, 2.24) is 19.8 Å². The Morgan fingerprint density at radius 1 is 1.00 bits per heavy atom. The van der Waals surface area contributed by atoms with E-state index in [1.807, 2.05) is 54.1 Å². The van der Waals surface area contributed by atoms with Crippen molar-refractivity contribution in [3.63, 3.8) is 0 Å². The summed E-state index contributed by atoms with van der Waals surface area (Å²) < 4.78 is 29.9. The molecule has 0 radical (unpaired) electrons. The minimum Gasteiger partial charge on any atom is -0.494 e. The average Bonchev–Trinajstić information content (AvgIpc) is 2.88. The minimum atomic E-state index is -3.66. The summed E-state index contributed by atoms with van der Waals surface area (Å²) in [6.45, 7) is 6.53. The number of carbonyl (C=O) groups excluding carboxylic acids is 1. The number of carbonyl (C=O) groups is 1. The van der Waals surface area contributed by atoms with Crippen LogP contribution in [0, 0.1) is 11.8 Å². The zero-order chi connectivity index (χ0) is 26.3. The highest BCUT2D eigenvalue weighted by Gasteiger charge is 2.20. The van der Waals surface area contributed by atoms with Crippen LogP contribution in [0.25, 0.3) is 0 Å². The quantitative estimate of drug-likeness (QED) is 0.474. The van der Waals surface area contributed by atoms with Gasteiger partial charge in [-0.15, -0.1) is 10.2 Å². The van der Waals surface area contributed by atoms with Gasteiger partial charge in [0.1, 0.15) is 5.75 Å². The zero-order valence-electron chi connectivity index (χ0n) is 20.8. The average molecular weight is 520 g/mol. The lowest BCUT2D eigenvalue weighted by Crippen LogP contribution is -2.46. The van der Waals surface area contributed by atoms with Crippen molar-refractivity contribution in [3.8, 4) is 17.6 Å². The molecule has 37 heavy (non-hydrogen) atoms. The molecule has 1 N–H and O–H groups in total. The first-order valence-corrected chi connectivity index (χ1v) is 13.9. The molecule has 0 unspecified atom stereocenters. The Labute approximate surface area is 217 Å². The van der Waals surface area contributed by atoms with E-state index in [1.165, 1.54) is 11.6 Å². The number of sulfonamides is 1. The van der Waals surface area contributed by atoms with Crippen LogP contribution in [-0.2, 0) is 16.6 Å². The topological polar surface area (TPSA) is 105 Å². The number of rotatable bonds is 7. The molecule has 1 aliphatic heterocycles. The van der Waals surface area contributed by atoms with Gasteiger partial charge in [-0.25, -0.2) is 13.1 Å². The third-order valence-electron chi connectivity index (χ3n) is 5.76. The van der Waals surface area contributed by atoms with Gasteiger partial charge in [-0.05, 0) is 48.9 Å². The molecule has 4 rings (SSSR count). The van der Waals surface area contributed by atoms with Gasteiger partial charge in [0.2, 0.25) is 10.0 Å². The van der Waals surface area contributed by atoms with Crippen LogP contribution in [-0.4, -0.2) is 68.5 Å². The van der Waals surface area contributed by atoms with E-state index in [-0.39, 0.29) is 5.69 Å². The largest absolute Gasteiger partial charge is 0.494 e. The summed E-state index contributed by atoms with van der Waals surface area (Å²) in [7, 11) is -3.66. The monoisotopic (exact) mass is 519 g/mol. The van der Waals surface area contributed by atoms with Crippen LogP contribution in [0.15, 0.2) is 60.7 Å². The van der Waals surface area contributed by atoms with Gasteiger partial charge in [0.15, 0.2) is 11.5 Å². The molecule has 0 aliphatic carbocycles. The lowest BCUT2D eigenvalue weighted by molar-refractivity contribution is 0.0976. The molecule has 0 bridgehead atoms. The van der Waals surface area contributed by atoms with Gasteiger partial charge >= 0.3 is 0 Å². The third-order valence-corrected chi connectivity index (χ3v) is 6.31. The fourth-order valence-corrected chi connectivity index (χ4v) is 4.40. The molecule has 1 fully saturated rings. The van der Waals surface area contributed by atoms with Gasteiger partial charge in [0.05, 0.1) is 12.9 Å². The van der Waals surface area contributed by atoms with E-state index in [9.17, 15) is 13.2 Å². The lowest BCUT2D eigenvalue weighted by atomic mass is 10.1. The predicted molar refractivity (Wildman–Crippen MR) is 142 cm³/mol. The smallest absolute Gasteiger partial charge is 0.285 e. The van der Waals surface area contributed by atoms with E-state index >= 15 is 0 Å². The molecular weight excluding hydrogens is 490 g/mol. The van der Waals surface area contributed by atoms with E-state index in [4.69, 9.17) is 4.74 Å². The standard InChI is InChI=1S/C27H29N5O4S/c1-3-36-24-10-6-7-21(19-24)11-12-22-8-4-5-9-23(22)20-31-15-17-32(18-16-31)26-14-13-25(28-29-26)27(33)30-37(2,34)35/h4-10,13-14,19H,3,15-18,20H2,1-2H3,(H,30,33). The highest BCUT2D eigenvalue weighted by molar-refractivity contribution is 7.89. The highest BCUT2D eigenvalue weighted by Crippen LogP contribution is 2.17. The molecule has 2 aromatic carbocycles. The Morgan fingerprint density at radius 3 is 2.49 bits per heavy atom. The number of ether oxygens (including phenoxy) is 1. The zero-order valence-corrected chi connectivity index (χ0v) is 21.7. The first kappa shape index (κ1) is 26.1. The summed E-state index contributed by atoms with van der Waals surface area (Å²) in [4.78, 5) is 16.4. The lowest BCUT2D eigenvalue weighted by Gasteiger charge is -2.35. The van der Waals surface area contributed by atoms with Crippen molar-refractivity contribution in [1.29, 1.82) is 0 Å². The molecule has 1 aromatic heterocycles. The Kier molecular flexibility index (Phi) is 8.38. The van der Waals surface area contributed by atoms with Crippen LogP contribution in [0.1, 0.15) is 34.1 Å². The van der Waals surface area contributed by atoms with Crippen LogP contribution in [0.4, 0.5) is 5.82 Å². The second-order valence-electron chi connectivity index (χ2n) is 8.61. The van der Waals surface area contributed by atoms with E-state index in [1.54, 1.807) is 6.07 Å². The molecule has 1 amide bonds. The maximum atomic E-state index is 11.9. The van der Waals surface area contributed by atoms with Gasteiger partial charge in [0.25, 0.3) is 5.91 Å². The Morgan fingerprint density at radius 2 is 1.78 bits per heavy atom. The SMILES string of the molecule is CCOc1cccc(C#Cc2ccccc2CN2CCN(c3ccc(C(=O)NS(C)(=O)=O)nn3)CC2)c1. The molecular formula is C27H29N5O4S. The molecule has 1 aliphatic rings. The van der Waals surface area contributed by atoms with E-state index < -0.39 is 15.9 Å². The molecule has 10 heteroatoms. The first-order chi connectivity index (χ1) is 17.8. The van der Waals surface area contributed by atoms with Crippen LogP contribution < -0.4 is 14.4 Å². The molecule has 192 valence electrons. The van der Waals surface area contributed by atoms with Gasteiger partial charge in [0, 0.05) is 43.9 Å². The first-order valence-electron chi connectivity index (χ1n) is 12.0. The van der Waals surface area contributed by atoms with Crippen molar-refractivity contribution < 1.29 is 17.9 Å². The molecule has 0 atom stereocenters. The minimum absolute atomic E-state index is 0.0462. The van der Waals surface area contributed by atoms with Crippen LogP contribution in [0.3, 0.4) is 0 Å². The predicted octanol–water partition coefficient (Wildman–Crippen LogP) is 2.29. The van der Waals surface area contributed by atoms with E-state index in [0.717, 1.165) is 55.9 Å². The maximum absolute atomic E-state index is 11.9. The van der Waals surface area contributed by atoms with Crippen LogP contribution in [0.5, 0.6) is 5.75 Å². The second-order valence-corrected chi connectivity index (χ2v) is 10.4. The number of benzene rings is 2. The van der Waals surface area contributed by atoms with Crippen molar-refractivity contribution >= 4 is 21.7 Å². The van der Waals surface area contributed by atoms with Gasteiger partial charge in [-0.1, -0.05) is 36.1 Å². The number of nitrogens with zero attached hydrogens (tertiary/aromatic N) is 4. The van der Waals surface area contributed by atoms with Crippen LogP contribution in [0.2, 0.25) is 0 Å². The van der Waals surface area contributed by atoms with Crippen molar-refractivity contribution in [3.05, 3.63) is 83.0 Å². The number of piperazine rings is 1. The Balaban J connectivity index is 1.36. The fourth-order valence-electron chi connectivity index (χ4n) is 3.96. The summed E-state index contributed by atoms with van der Waals surface area (Å²) in [5, 5.41) is 8.01. The summed E-state index contributed by atoms with van der Waals surface area (Å²) in [6, 6.07) is 19.2. The number of amides is 1. The van der Waals surface area contributed by atoms with E-state index in [0.29, 0.717) is 12.4 Å². The Bertz CT molecular complexity index is 1410. The van der Waals surface area contributed by atoms with Crippen molar-refractivity contribution in [2.75, 3.05) is 43.9 Å². The molecule has 1 saturated heterocycles. The normalized spacial score (nSPS) is 13.9. The summed E-state index contributed by atoms with van der Waals surface area (Å²) >= 11 is 0. The van der Waals surface area contributed by atoms with Crippen molar-refractivity contribution in [2.24, 2.45) is 0 Å². The third kappa shape index (κ3) is 7.52.